The van der Waals surface area contributed by atoms with Gasteiger partial charge in [0, 0.05) is 42.6 Å². The highest BCUT2D eigenvalue weighted by atomic mass is 32.1. The van der Waals surface area contributed by atoms with Gasteiger partial charge in [-0.05, 0) is 78.0 Å². The lowest BCUT2D eigenvalue weighted by Gasteiger charge is -2.17. The molecule has 37 heavy (non-hydrogen) atoms. The van der Waals surface area contributed by atoms with E-state index >= 15 is 0 Å². The Morgan fingerprint density at radius 3 is 2.49 bits per heavy atom. The molecule has 0 spiro atoms. The number of aromatic nitrogens is 2. The van der Waals surface area contributed by atoms with Gasteiger partial charge in [0.1, 0.15) is 0 Å². The fourth-order valence-electron chi connectivity index (χ4n) is 5.67. The third kappa shape index (κ3) is 4.94. The number of nitrogens with one attached hydrogen (secondary N) is 2. The summed E-state index contributed by atoms with van der Waals surface area (Å²) in [4.78, 5) is 11.7. The average molecular weight is 512 g/mol. The van der Waals surface area contributed by atoms with Crippen molar-refractivity contribution < 1.29 is 4.39 Å². The van der Waals surface area contributed by atoms with E-state index in [9.17, 15) is 4.39 Å². The monoisotopic (exact) mass is 511 g/mol. The van der Waals surface area contributed by atoms with E-state index in [0.29, 0.717) is 7.18 Å². The molecule has 2 aliphatic heterocycles. The summed E-state index contributed by atoms with van der Waals surface area (Å²) in [5.41, 5.74) is 9.82. The van der Waals surface area contributed by atoms with Crippen LogP contribution in [0, 0.1) is 11.8 Å². The molecule has 2 aromatic heterocycles. The maximum absolute atomic E-state index is 9.50. The van der Waals surface area contributed by atoms with Gasteiger partial charge in [0.25, 0.3) is 0 Å². The maximum Gasteiger partial charge on any atom is 0.0832 e. The Bertz CT molecular complexity index is 1500. The van der Waals surface area contributed by atoms with Crippen molar-refractivity contribution in [2.75, 3.05) is 38.7 Å². The number of pyridine rings is 1. The van der Waals surface area contributed by atoms with E-state index in [0.717, 1.165) is 46.2 Å². The summed E-state index contributed by atoms with van der Waals surface area (Å²) >= 11 is 1.66. The Morgan fingerprint density at radius 1 is 0.892 bits per heavy atom. The van der Waals surface area contributed by atoms with E-state index in [1.165, 1.54) is 47.6 Å². The Labute approximate surface area is 220 Å². The normalized spacial score (nSPS) is 19.1. The molecule has 2 fully saturated rings. The van der Waals surface area contributed by atoms with Gasteiger partial charge in [-0.25, -0.2) is 4.98 Å². The third-order valence-electron chi connectivity index (χ3n) is 7.51. The molecule has 0 amide bonds. The first-order chi connectivity index (χ1) is 18.3. The predicted octanol–water partition coefficient (Wildman–Crippen LogP) is 6.49. The molecule has 7 rings (SSSR count). The lowest BCUT2D eigenvalue weighted by Crippen LogP contribution is -2.25. The standard InChI is InChI=1S/C29H27N5S.CH3F/c1-3-20(4-2-19(1)15-34-16-22-13-30-14-23(22)17-34)21-5-7-26-25(11-21)27(9-10-31-26)33-24-6-8-29-28(12-24)32-18-35-29;1-2/h1-12,18,22-23,30H,13-17H2,(H,31,33);1H3. The van der Waals surface area contributed by atoms with Gasteiger partial charge in [-0.3, -0.25) is 14.3 Å². The van der Waals surface area contributed by atoms with Crippen LogP contribution in [-0.2, 0) is 6.54 Å². The van der Waals surface area contributed by atoms with Crippen molar-refractivity contribution in [2.45, 2.75) is 6.54 Å². The quantitative estimate of drug-likeness (QED) is 0.282. The Morgan fingerprint density at radius 2 is 1.68 bits per heavy atom. The summed E-state index contributed by atoms with van der Waals surface area (Å²) in [5, 5.41) is 8.24. The summed E-state index contributed by atoms with van der Waals surface area (Å²) in [6, 6.07) is 24.0. The van der Waals surface area contributed by atoms with Gasteiger partial charge in [0.2, 0.25) is 0 Å². The second-order valence-corrected chi connectivity index (χ2v) is 10.7. The largest absolute Gasteiger partial charge is 0.355 e. The van der Waals surface area contributed by atoms with Crippen molar-refractivity contribution >= 4 is 43.8 Å². The Balaban J connectivity index is 0.00000123. The SMILES string of the molecule is CF.c1cc(Nc2ccc3scnc3c2)c2cc(-c3ccc(CN4CC5CNCC5C4)cc3)ccc2n1. The second kappa shape index (κ2) is 10.5. The van der Waals surface area contributed by atoms with E-state index < -0.39 is 0 Å². The molecule has 2 unspecified atom stereocenters. The molecule has 0 bridgehead atoms. The second-order valence-electron chi connectivity index (χ2n) is 9.82. The molecule has 2 N–H and O–H groups in total. The summed E-state index contributed by atoms with van der Waals surface area (Å²) < 4.78 is 10.7. The zero-order valence-corrected chi connectivity index (χ0v) is 21.6. The molecule has 2 atom stereocenters. The molecule has 5 nitrogen and oxygen atoms in total. The van der Waals surface area contributed by atoms with Crippen LogP contribution in [0.5, 0.6) is 0 Å². The van der Waals surface area contributed by atoms with Gasteiger partial charge in [0.05, 0.1) is 28.4 Å². The molecule has 7 heteroatoms. The van der Waals surface area contributed by atoms with Crippen molar-refractivity contribution in [1.29, 1.82) is 0 Å². The zero-order valence-electron chi connectivity index (χ0n) is 20.8. The van der Waals surface area contributed by atoms with Crippen LogP contribution < -0.4 is 10.6 Å². The van der Waals surface area contributed by atoms with Crippen LogP contribution in [0.4, 0.5) is 15.8 Å². The molecule has 0 saturated carbocycles. The number of hydrogen-bond donors (Lipinski definition) is 2. The van der Waals surface area contributed by atoms with Crippen LogP contribution in [0.25, 0.3) is 32.2 Å². The highest BCUT2D eigenvalue weighted by Crippen LogP contribution is 2.32. The minimum absolute atomic E-state index is 0.500. The number of thiazole rings is 1. The lowest BCUT2D eigenvalue weighted by atomic mass is 10.0. The molecule has 0 aliphatic carbocycles. The molecular formula is C30H30FN5S. The number of nitrogens with zero attached hydrogens (tertiary/aromatic N) is 3. The van der Waals surface area contributed by atoms with Crippen molar-refractivity contribution in [2.24, 2.45) is 11.8 Å². The summed E-state index contributed by atoms with van der Waals surface area (Å²) in [5.74, 6) is 1.68. The van der Waals surface area contributed by atoms with Gasteiger partial charge in [-0.1, -0.05) is 30.3 Å². The van der Waals surface area contributed by atoms with E-state index in [2.05, 4.69) is 86.2 Å². The first-order valence-corrected chi connectivity index (χ1v) is 13.6. The summed E-state index contributed by atoms with van der Waals surface area (Å²) in [6.45, 7) is 5.87. The number of rotatable bonds is 5. The zero-order chi connectivity index (χ0) is 25.2. The smallest absolute Gasteiger partial charge is 0.0832 e. The van der Waals surface area contributed by atoms with Crippen molar-refractivity contribution in [3.8, 4) is 11.1 Å². The van der Waals surface area contributed by atoms with Crippen LogP contribution in [0.3, 0.4) is 0 Å². The van der Waals surface area contributed by atoms with Crippen LogP contribution >= 0.6 is 11.3 Å². The molecule has 5 aromatic rings. The molecular weight excluding hydrogens is 481 g/mol. The summed E-state index contributed by atoms with van der Waals surface area (Å²) in [6.07, 6.45) is 1.86. The highest BCUT2D eigenvalue weighted by molar-refractivity contribution is 7.16. The maximum atomic E-state index is 9.50. The number of alkyl halides is 1. The van der Waals surface area contributed by atoms with Gasteiger partial charge >= 0.3 is 0 Å². The van der Waals surface area contributed by atoms with Crippen LogP contribution in [0.1, 0.15) is 5.56 Å². The topological polar surface area (TPSA) is 53.1 Å². The van der Waals surface area contributed by atoms with Crippen LogP contribution in [0.2, 0.25) is 0 Å². The van der Waals surface area contributed by atoms with Gasteiger partial charge in [-0.2, -0.15) is 0 Å². The predicted molar refractivity (Wildman–Crippen MR) is 152 cm³/mol. The Kier molecular flexibility index (Phi) is 6.83. The fourth-order valence-corrected chi connectivity index (χ4v) is 6.33. The Hall–Kier alpha value is -3.39. The highest BCUT2D eigenvalue weighted by Gasteiger charge is 2.35. The van der Waals surface area contributed by atoms with E-state index in [-0.39, 0.29) is 0 Å². The fraction of sp³-hybridized carbons (Fsp3) is 0.267. The van der Waals surface area contributed by atoms with E-state index in [1.807, 2.05) is 17.8 Å². The molecule has 2 aliphatic rings. The first kappa shape index (κ1) is 24.0. The third-order valence-corrected chi connectivity index (χ3v) is 8.32. The van der Waals surface area contributed by atoms with Crippen molar-refractivity contribution in [3.05, 3.63) is 84.0 Å². The minimum atomic E-state index is 0.500. The van der Waals surface area contributed by atoms with E-state index in [4.69, 9.17) is 0 Å². The summed E-state index contributed by atoms with van der Waals surface area (Å²) in [7, 11) is 0.500. The molecule has 188 valence electrons. The number of likely N-dealkylation sites (tertiary alicyclic amines) is 1. The molecule has 2 saturated heterocycles. The van der Waals surface area contributed by atoms with Crippen molar-refractivity contribution in [1.82, 2.24) is 20.2 Å². The van der Waals surface area contributed by atoms with E-state index in [1.54, 1.807) is 11.3 Å². The van der Waals surface area contributed by atoms with Gasteiger partial charge in [0.15, 0.2) is 0 Å². The lowest BCUT2D eigenvalue weighted by molar-refractivity contribution is 0.305. The minimum Gasteiger partial charge on any atom is -0.355 e. The van der Waals surface area contributed by atoms with Crippen LogP contribution in [-0.4, -0.2) is 48.2 Å². The van der Waals surface area contributed by atoms with Crippen LogP contribution in [0.15, 0.2) is 78.4 Å². The van der Waals surface area contributed by atoms with Gasteiger partial charge in [-0.15, -0.1) is 11.3 Å². The number of halogens is 1. The number of benzene rings is 3. The number of fused-ring (bicyclic) bond motifs is 3. The average Bonchev–Trinajstić information content (AvgIpc) is 3.67. The first-order valence-electron chi connectivity index (χ1n) is 12.7. The van der Waals surface area contributed by atoms with Crippen molar-refractivity contribution in [3.63, 3.8) is 0 Å². The molecule has 0 radical (unpaired) electrons. The van der Waals surface area contributed by atoms with Gasteiger partial charge < -0.3 is 10.6 Å². The molecule has 4 heterocycles. The number of hydrogen-bond acceptors (Lipinski definition) is 6. The molecule has 3 aromatic carbocycles. The number of anilines is 2.